The average molecular weight is 733 g/mol. The van der Waals surface area contributed by atoms with Gasteiger partial charge in [0.25, 0.3) is 0 Å². The van der Waals surface area contributed by atoms with Crippen LogP contribution in [0.2, 0.25) is 0 Å². The van der Waals surface area contributed by atoms with Crippen LogP contribution in [0.1, 0.15) is 99.8 Å². The van der Waals surface area contributed by atoms with Gasteiger partial charge in [0.05, 0.1) is 22.9 Å². The van der Waals surface area contributed by atoms with E-state index < -0.39 is 22.2 Å². The molecule has 0 aromatic heterocycles. The Morgan fingerprint density at radius 3 is 1.89 bits per heavy atom. The van der Waals surface area contributed by atoms with Crippen molar-refractivity contribution in [1.82, 2.24) is 0 Å². The molecule has 6 aliphatic rings. The van der Waals surface area contributed by atoms with Gasteiger partial charge >= 0.3 is 17.9 Å². The summed E-state index contributed by atoms with van der Waals surface area (Å²) in [6.07, 6.45) is 8.25. The molecular weight excluding hydrogens is 673 g/mol. The molecule has 6 fully saturated rings. The summed E-state index contributed by atoms with van der Waals surface area (Å²) < 4.78 is 18.5. The van der Waals surface area contributed by atoms with Gasteiger partial charge in [-0.3, -0.25) is 14.4 Å². The van der Waals surface area contributed by atoms with Crippen LogP contribution >= 0.6 is 0 Å². The predicted molar refractivity (Wildman–Crippen MR) is 210 cm³/mol. The maximum absolute atomic E-state index is 14.8. The predicted octanol–water partition coefficient (Wildman–Crippen LogP) is 10.4. The Labute approximate surface area is 321 Å². The van der Waals surface area contributed by atoms with Gasteiger partial charge in [-0.15, -0.1) is 0 Å². The van der Waals surface area contributed by atoms with Crippen LogP contribution in [0.15, 0.2) is 54.6 Å². The van der Waals surface area contributed by atoms with E-state index in [2.05, 4.69) is 24.3 Å². The fourth-order valence-electron chi connectivity index (χ4n) is 14.1. The summed E-state index contributed by atoms with van der Waals surface area (Å²) in [5.41, 5.74) is -3.15. The molecule has 6 heteroatoms. The Hall–Kier alpha value is -3.41. The minimum absolute atomic E-state index is 0.0841. The van der Waals surface area contributed by atoms with Gasteiger partial charge < -0.3 is 14.2 Å². The molecule has 12 unspecified atom stereocenters. The molecule has 6 nitrogen and oxygen atoms in total. The van der Waals surface area contributed by atoms with Gasteiger partial charge in [-0.1, -0.05) is 44.2 Å². The molecule has 54 heavy (non-hydrogen) atoms. The molecule has 0 radical (unpaired) electrons. The molecule has 6 saturated carbocycles. The van der Waals surface area contributed by atoms with Crippen molar-refractivity contribution in [3.63, 3.8) is 0 Å². The first-order valence-corrected chi connectivity index (χ1v) is 21.1. The fraction of sp³-hybridized carbons (Fsp3) is 0.646. The maximum atomic E-state index is 14.8. The van der Waals surface area contributed by atoms with Crippen LogP contribution in [-0.4, -0.2) is 30.6 Å². The van der Waals surface area contributed by atoms with Gasteiger partial charge in [0.15, 0.2) is 0 Å². The Balaban J connectivity index is 0.941. The van der Waals surface area contributed by atoms with Crippen molar-refractivity contribution in [1.29, 1.82) is 0 Å². The molecule has 0 saturated heterocycles. The van der Waals surface area contributed by atoms with E-state index in [0.717, 1.165) is 69.4 Å². The minimum atomic E-state index is -1.13. The molecule has 0 heterocycles. The van der Waals surface area contributed by atoms with Crippen LogP contribution in [0.3, 0.4) is 0 Å². The van der Waals surface area contributed by atoms with Crippen molar-refractivity contribution in [2.45, 2.75) is 106 Å². The molecule has 288 valence electrons. The van der Waals surface area contributed by atoms with Crippen LogP contribution in [0, 0.1) is 81.3 Å². The molecule has 3 aromatic rings. The van der Waals surface area contributed by atoms with E-state index in [1.807, 2.05) is 78.8 Å². The lowest BCUT2D eigenvalue weighted by molar-refractivity contribution is -0.174. The highest BCUT2D eigenvalue weighted by atomic mass is 16.6. The molecule has 0 aliphatic heterocycles. The van der Waals surface area contributed by atoms with E-state index in [9.17, 15) is 14.4 Å². The highest BCUT2D eigenvalue weighted by Gasteiger charge is 2.72. The normalized spacial score (nSPS) is 34.3. The zero-order valence-corrected chi connectivity index (χ0v) is 33.4. The standard InChI is InChI=1S/C48H60O6/c1-26(2)23-52-43(49)46(3,4)24-48(7,25-47(5,6)44(50)53-34-15-14-29-16-27-10-8-9-11-28(27)17-32(29)19-34)45(51)54-38-21-33-20-35(38)42-37-22-36(41(33)42)39-30-12-13-31(18-30)40(37)39/h8-11,14-17,19,26,30-31,33,35-42H,12-13,18,20-25H2,1-7H3. The summed E-state index contributed by atoms with van der Waals surface area (Å²) in [4.78, 5) is 42.4. The number of carbonyl (C=O) groups excluding carboxylic acids is 3. The van der Waals surface area contributed by atoms with Crippen LogP contribution in [0.5, 0.6) is 5.75 Å². The van der Waals surface area contributed by atoms with E-state index in [1.165, 1.54) is 32.1 Å². The van der Waals surface area contributed by atoms with Crippen molar-refractivity contribution in [3.8, 4) is 5.75 Å². The Bertz CT molecular complexity index is 1990. The van der Waals surface area contributed by atoms with Gasteiger partial charge in [-0.2, -0.15) is 0 Å². The van der Waals surface area contributed by atoms with E-state index in [1.54, 1.807) is 0 Å². The third kappa shape index (κ3) is 5.90. The third-order valence-corrected chi connectivity index (χ3v) is 15.6. The second kappa shape index (κ2) is 12.8. The summed E-state index contributed by atoms with van der Waals surface area (Å²) in [5, 5.41) is 4.35. The topological polar surface area (TPSA) is 78.9 Å². The third-order valence-electron chi connectivity index (χ3n) is 15.6. The highest BCUT2D eigenvalue weighted by Crippen LogP contribution is 2.76. The molecule has 6 bridgehead atoms. The number of carbonyl (C=O) groups is 3. The molecule has 6 aliphatic carbocycles. The van der Waals surface area contributed by atoms with Crippen molar-refractivity contribution in [3.05, 3.63) is 54.6 Å². The van der Waals surface area contributed by atoms with Gasteiger partial charge in [-0.05, 0) is 197 Å². The summed E-state index contributed by atoms with van der Waals surface area (Å²) in [5.74, 6) is 7.82. The van der Waals surface area contributed by atoms with Crippen molar-refractivity contribution < 1.29 is 28.6 Å². The zero-order valence-electron chi connectivity index (χ0n) is 33.4. The molecule has 9 rings (SSSR count). The van der Waals surface area contributed by atoms with Gasteiger partial charge in [0.1, 0.15) is 11.9 Å². The van der Waals surface area contributed by atoms with Crippen molar-refractivity contribution in [2.75, 3.05) is 6.61 Å². The van der Waals surface area contributed by atoms with E-state index in [0.29, 0.717) is 30.1 Å². The second-order valence-corrected chi connectivity index (χ2v) is 20.8. The Morgan fingerprint density at radius 1 is 0.630 bits per heavy atom. The maximum Gasteiger partial charge on any atom is 0.316 e. The molecule has 12 atom stereocenters. The smallest absolute Gasteiger partial charge is 0.316 e. The van der Waals surface area contributed by atoms with Gasteiger partial charge in [0, 0.05) is 0 Å². The lowest BCUT2D eigenvalue weighted by Crippen LogP contribution is -2.47. The largest absolute Gasteiger partial charge is 0.465 e. The summed E-state index contributed by atoms with van der Waals surface area (Å²) in [6.45, 7) is 13.7. The molecule has 0 amide bonds. The van der Waals surface area contributed by atoms with Crippen LogP contribution in [0.25, 0.3) is 21.5 Å². The number of ether oxygens (including phenoxy) is 3. The number of fused-ring (bicyclic) bond motifs is 18. The molecular formula is C48H60O6. The average Bonchev–Trinajstić information content (AvgIpc) is 3.97. The SMILES string of the molecule is CC(C)COC(=O)C(C)(C)CC(C)(CC(C)(C)C(=O)Oc1ccc2cc3ccccc3cc2c1)C(=O)OC1CC2CC1C1C3CC(C4C5CCC(C5)C34)C21. The lowest BCUT2D eigenvalue weighted by atomic mass is 9.59. The van der Waals surface area contributed by atoms with E-state index >= 15 is 0 Å². The number of benzene rings is 3. The first-order valence-electron chi connectivity index (χ1n) is 21.1. The first kappa shape index (κ1) is 36.2. The van der Waals surface area contributed by atoms with Gasteiger partial charge in [0.2, 0.25) is 0 Å². The minimum Gasteiger partial charge on any atom is -0.465 e. The first-order chi connectivity index (χ1) is 25.6. The summed E-state index contributed by atoms with van der Waals surface area (Å²) in [7, 11) is 0. The van der Waals surface area contributed by atoms with Crippen molar-refractivity contribution in [2.24, 2.45) is 81.3 Å². The zero-order chi connectivity index (χ0) is 37.9. The van der Waals surface area contributed by atoms with E-state index in [4.69, 9.17) is 14.2 Å². The van der Waals surface area contributed by atoms with Crippen LogP contribution < -0.4 is 4.74 Å². The summed E-state index contributed by atoms with van der Waals surface area (Å²) >= 11 is 0. The van der Waals surface area contributed by atoms with Crippen molar-refractivity contribution >= 4 is 39.5 Å². The highest BCUT2D eigenvalue weighted by molar-refractivity contribution is 5.99. The van der Waals surface area contributed by atoms with Gasteiger partial charge in [-0.25, -0.2) is 0 Å². The number of hydrogen-bond donors (Lipinski definition) is 0. The number of rotatable bonds is 11. The Kier molecular flexibility index (Phi) is 8.60. The van der Waals surface area contributed by atoms with Crippen LogP contribution in [0.4, 0.5) is 0 Å². The number of hydrogen-bond acceptors (Lipinski definition) is 6. The lowest BCUT2D eigenvalue weighted by Gasteiger charge is -2.47. The fourth-order valence-corrected chi connectivity index (χ4v) is 14.1. The molecule has 0 spiro atoms. The molecule has 0 N–H and O–H groups in total. The second-order valence-electron chi connectivity index (χ2n) is 20.8. The molecule has 3 aromatic carbocycles. The Morgan fingerprint density at radius 2 is 1.22 bits per heavy atom. The number of esters is 3. The van der Waals surface area contributed by atoms with Crippen LogP contribution in [-0.2, 0) is 23.9 Å². The quantitative estimate of drug-likeness (QED) is 0.0845. The summed E-state index contributed by atoms with van der Waals surface area (Å²) in [6, 6.07) is 18.2. The monoisotopic (exact) mass is 732 g/mol. The van der Waals surface area contributed by atoms with E-state index in [-0.39, 0.29) is 36.8 Å².